The summed E-state index contributed by atoms with van der Waals surface area (Å²) in [5.41, 5.74) is 11.8. The van der Waals surface area contributed by atoms with Crippen LogP contribution in [-0.4, -0.2) is 23.5 Å². The minimum Gasteiger partial charge on any atom is -0.456 e. The molecule has 18 rings (SSSR count). The molecule has 2 nitrogen and oxygen atoms in total. The maximum Gasteiger partial charge on any atom is 0.249 e. The maximum atomic E-state index is 7.30. The second-order valence-electron chi connectivity index (χ2n) is 22.4. The number of benzene rings is 13. The highest BCUT2D eigenvalue weighted by Crippen LogP contribution is 2.36. The zero-order valence-corrected chi connectivity index (χ0v) is 53.3. The molecule has 86 heavy (non-hydrogen) atoms. The van der Waals surface area contributed by atoms with Crippen LogP contribution in [0, 0.1) is 0 Å². The molecule has 15 aromatic rings. The smallest absolute Gasteiger partial charge is 0.249 e. The Morgan fingerprint density at radius 1 is 0.233 bits per heavy atom. The Morgan fingerprint density at radius 2 is 0.488 bits per heavy atom. The van der Waals surface area contributed by atoms with Gasteiger partial charge in [-0.15, -0.1) is 11.1 Å². The molecule has 0 saturated carbocycles. The molecule has 0 N–H and O–H groups in total. The Balaban J connectivity index is 0.000000138. The van der Waals surface area contributed by atoms with E-state index in [2.05, 4.69) is 311 Å². The van der Waals surface area contributed by atoms with Gasteiger partial charge in [0.1, 0.15) is 22.3 Å². The number of hydrogen-bond donors (Lipinski definition) is 0. The van der Waals surface area contributed by atoms with E-state index in [4.69, 9.17) is 19.9 Å². The van der Waals surface area contributed by atoms with Crippen LogP contribution < -0.4 is 57.1 Å². The zero-order chi connectivity index (χ0) is 57.6. The van der Waals surface area contributed by atoms with Crippen molar-refractivity contribution >= 4 is 167 Å². The monoisotopic (exact) mass is 1300 g/mol. The Kier molecular flexibility index (Phi) is 13.0. The van der Waals surface area contributed by atoms with Crippen molar-refractivity contribution in [3.63, 3.8) is 0 Å². The highest BCUT2D eigenvalue weighted by molar-refractivity contribution is 9.10. The third kappa shape index (κ3) is 8.06. The largest absolute Gasteiger partial charge is 0.456 e. The SMILES string of the molecule is Brc1ccc2oc3ccc(Br)cc3c2c1.Cl[Si]1(c2ccccc2)c2ccccc2-c2ccccc21.c1ccc([Si]2(c3ccc4oc5ccc([Si]6(c7ccccc7)c7ccccc7-c7ccccc76)cc5c4c3)c3ccccc3-c3ccccc32)cc1. The van der Waals surface area contributed by atoms with Gasteiger partial charge in [0.2, 0.25) is 7.38 Å². The van der Waals surface area contributed by atoms with Crippen molar-refractivity contribution in [2.45, 2.75) is 0 Å². The first-order valence-electron chi connectivity index (χ1n) is 29.0. The standard InChI is InChI=1S/C48H32OSi2.C18H13ClSi.C12H6Br2O/c1-3-15-33(16-4-1)50(45-23-11-7-19-37(45)38-20-8-12-24-46(38)50)35-27-29-43-41(31-35)42-32-36(28-30-44(42)49-43)51(34-17-5-2-6-18-34)47-25-13-9-21-39(47)40-22-10-14-26-48(40)51;19-20(14-8-2-1-3-9-14)17-12-6-4-10-15(17)16-11-5-7-13-18(16)20;13-7-1-3-11-9(5-7)10-6-8(14)2-4-12(10)15-11/h1-32H;1-13H;1-6H. The van der Waals surface area contributed by atoms with Gasteiger partial charge in [-0.2, -0.15) is 0 Å². The van der Waals surface area contributed by atoms with Crippen molar-refractivity contribution in [3.05, 3.63) is 318 Å². The van der Waals surface area contributed by atoms with Crippen LogP contribution in [0.1, 0.15) is 0 Å². The summed E-state index contributed by atoms with van der Waals surface area (Å²) in [5, 5.41) is 20.0. The van der Waals surface area contributed by atoms with E-state index >= 15 is 0 Å². The molecule has 2 aromatic heterocycles. The average molecular weight is 1300 g/mol. The molecule has 8 heteroatoms. The van der Waals surface area contributed by atoms with E-state index in [0.29, 0.717) is 0 Å². The van der Waals surface area contributed by atoms with Gasteiger partial charge in [-0.05, 0) is 139 Å². The lowest BCUT2D eigenvalue weighted by atomic mass is 10.1. The molecule has 408 valence electrons. The molecule has 0 radical (unpaired) electrons. The molecule has 0 aliphatic carbocycles. The van der Waals surface area contributed by atoms with Gasteiger partial charge in [0.25, 0.3) is 0 Å². The van der Waals surface area contributed by atoms with Crippen LogP contribution in [0.4, 0.5) is 0 Å². The first-order valence-corrected chi connectivity index (χ1v) is 37.6. The minimum atomic E-state index is -2.64. The first kappa shape index (κ1) is 52.9. The lowest BCUT2D eigenvalue weighted by Gasteiger charge is -2.31. The summed E-state index contributed by atoms with van der Waals surface area (Å²) in [7, 11) is -7.61. The lowest BCUT2D eigenvalue weighted by molar-refractivity contribution is 0.668. The number of halogens is 3. The van der Waals surface area contributed by atoms with Gasteiger partial charge in [-0.1, -0.05) is 293 Å². The fraction of sp³-hybridized carbons (Fsp3) is 0. The van der Waals surface area contributed by atoms with Crippen LogP contribution in [0.3, 0.4) is 0 Å². The van der Waals surface area contributed by atoms with E-state index < -0.39 is 23.5 Å². The second-order valence-corrected chi connectivity index (χ2v) is 36.4. The molecule has 3 aliphatic heterocycles. The minimum absolute atomic E-state index is 0.923. The van der Waals surface area contributed by atoms with E-state index in [-0.39, 0.29) is 0 Å². The number of hydrogen-bond acceptors (Lipinski definition) is 2. The van der Waals surface area contributed by atoms with Gasteiger partial charge >= 0.3 is 0 Å². The van der Waals surface area contributed by atoms with Crippen LogP contribution >= 0.6 is 42.9 Å². The van der Waals surface area contributed by atoms with Crippen LogP contribution in [-0.2, 0) is 0 Å². The first-order chi connectivity index (χ1) is 42.3. The summed E-state index contributed by atoms with van der Waals surface area (Å²) in [5.74, 6) is 0. The fourth-order valence-corrected chi connectivity index (χ4v) is 30.4. The molecule has 0 spiro atoms. The highest BCUT2D eigenvalue weighted by atomic mass is 79.9. The number of furan rings is 2. The predicted octanol–water partition coefficient (Wildman–Crippen LogP) is 14.3. The van der Waals surface area contributed by atoms with Crippen molar-refractivity contribution < 1.29 is 8.83 Å². The Hall–Kier alpha value is -8.64. The van der Waals surface area contributed by atoms with Crippen molar-refractivity contribution in [3.8, 4) is 33.4 Å². The third-order valence-electron chi connectivity index (χ3n) is 18.1. The van der Waals surface area contributed by atoms with Crippen LogP contribution in [0.2, 0.25) is 0 Å². The van der Waals surface area contributed by atoms with Gasteiger partial charge in [0.15, 0.2) is 16.1 Å². The van der Waals surface area contributed by atoms with E-state index in [1.165, 1.54) is 101 Å². The highest BCUT2D eigenvalue weighted by Gasteiger charge is 2.51. The molecular formula is C78H51Br2ClO2Si3. The summed E-state index contributed by atoms with van der Waals surface area (Å²) in [4.78, 5) is 0. The second kappa shape index (κ2) is 21.1. The Labute approximate surface area is 523 Å². The van der Waals surface area contributed by atoms with Gasteiger partial charge < -0.3 is 8.83 Å². The molecule has 0 bridgehead atoms. The van der Waals surface area contributed by atoms with E-state index in [9.17, 15) is 0 Å². The maximum absolute atomic E-state index is 7.30. The number of fused-ring (bicyclic) bond motifs is 15. The van der Waals surface area contributed by atoms with E-state index in [0.717, 1.165) is 42.0 Å². The predicted molar refractivity (Wildman–Crippen MR) is 377 cm³/mol. The summed E-state index contributed by atoms with van der Waals surface area (Å²) in [6.07, 6.45) is 0. The molecule has 0 saturated heterocycles. The third-order valence-corrected chi connectivity index (χ3v) is 34.2. The average Bonchev–Trinajstić information content (AvgIpc) is 1.59. The van der Waals surface area contributed by atoms with Crippen molar-refractivity contribution in [2.24, 2.45) is 0 Å². The van der Waals surface area contributed by atoms with Gasteiger partial charge in [-0.25, -0.2) is 0 Å². The van der Waals surface area contributed by atoms with Gasteiger partial charge in [0, 0.05) is 30.5 Å². The van der Waals surface area contributed by atoms with E-state index in [1.54, 1.807) is 0 Å². The van der Waals surface area contributed by atoms with Crippen molar-refractivity contribution in [1.82, 2.24) is 0 Å². The van der Waals surface area contributed by atoms with Crippen LogP contribution in [0.15, 0.2) is 327 Å². The zero-order valence-electron chi connectivity index (χ0n) is 46.4. The molecule has 0 amide bonds. The topological polar surface area (TPSA) is 26.3 Å². The Bertz CT molecular complexity index is 4750. The molecular weight excluding hydrogens is 1250 g/mol. The van der Waals surface area contributed by atoms with Crippen molar-refractivity contribution in [1.29, 1.82) is 0 Å². The van der Waals surface area contributed by atoms with Crippen LogP contribution in [0.25, 0.3) is 77.3 Å². The molecule has 3 aliphatic rings. The normalized spacial score (nSPS) is 14.0. The van der Waals surface area contributed by atoms with E-state index in [1.807, 2.05) is 30.3 Å². The molecule has 13 aromatic carbocycles. The molecule has 0 fully saturated rings. The van der Waals surface area contributed by atoms with Crippen molar-refractivity contribution in [2.75, 3.05) is 0 Å². The Morgan fingerprint density at radius 3 is 0.826 bits per heavy atom. The lowest BCUT2D eigenvalue weighted by Crippen LogP contribution is -2.72. The van der Waals surface area contributed by atoms with Gasteiger partial charge in [-0.3, -0.25) is 0 Å². The number of rotatable bonds is 5. The molecule has 5 heterocycles. The quantitative estimate of drug-likeness (QED) is 0.127. The molecule has 0 unspecified atom stereocenters. The van der Waals surface area contributed by atoms with Gasteiger partial charge in [0.05, 0.1) is 0 Å². The summed E-state index contributed by atoms with van der Waals surface area (Å²) in [6, 6.07) is 113. The fourth-order valence-electron chi connectivity index (χ4n) is 14.6. The summed E-state index contributed by atoms with van der Waals surface area (Å²) in [6.45, 7) is 0. The summed E-state index contributed by atoms with van der Waals surface area (Å²) < 4.78 is 14.5. The summed E-state index contributed by atoms with van der Waals surface area (Å²) >= 11 is 14.2. The molecule has 0 atom stereocenters. The van der Waals surface area contributed by atoms with Crippen LogP contribution in [0.5, 0.6) is 0 Å².